The predicted molar refractivity (Wildman–Crippen MR) is 78.5 cm³/mol. The third kappa shape index (κ3) is 3.58. The van der Waals surface area contributed by atoms with Crippen molar-refractivity contribution in [3.8, 4) is 0 Å². The summed E-state index contributed by atoms with van der Waals surface area (Å²) in [7, 11) is 0. The third-order valence-corrected chi connectivity index (χ3v) is 3.44. The zero-order valence-corrected chi connectivity index (χ0v) is 12.1. The number of alkyl halides is 1. The average Bonchev–Trinajstić information content (AvgIpc) is 2.45. The van der Waals surface area contributed by atoms with Crippen LogP contribution in [0.15, 0.2) is 42.5 Å². The van der Waals surface area contributed by atoms with Gasteiger partial charge in [-0.25, -0.2) is 8.78 Å². The van der Waals surface area contributed by atoms with Crippen LogP contribution in [-0.4, -0.2) is 11.8 Å². The summed E-state index contributed by atoms with van der Waals surface area (Å²) >= 11 is 5.85. The van der Waals surface area contributed by atoms with E-state index in [9.17, 15) is 13.6 Å². The number of hydrogen-bond acceptors (Lipinski definition) is 1. The van der Waals surface area contributed by atoms with Crippen molar-refractivity contribution in [1.82, 2.24) is 5.32 Å². The standard InChI is InChI=1S/C16H14ClF2NO/c1-10-5-7-11(8-6-10)14(9-17)20-16(21)15-12(18)3-2-4-13(15)19/h2-8,14H,9H2,1H3,(H,20,21). The second kappa shape index (κ2) is 6.68. The van der Waals surface area contributed by atoms with Crippen molar-refractivity contribution >= 4 is 17.5 Å². The highest BCUT2D eigenvalue weighted by Gasteiger charge is 2.20. The van der Waals surface area contributed by atoms with Crippen LogP contribution in [0, 0.1) is 18.6 Å². The van der Waals surface area contributed by atoms with Crippen LogP contribution in [0.25, 0.3) is 0 Å². The van der Waals surface area contributed by atoms with E-state index in [2.05, 4.69) is 5.32 Å². The fourth-order valence-electron chi connectivity index (χ4n) is 1.95. The van der Waals surface area contributed by atoms with E-state index in [1.165, 1.54) is 6.07 Å². The summed E-state index contributed by atoms with van der Waals surface area (Å²) in [6.07, 6.45) is 0. The lowest BCUT2D eigenvalue weighted by atomic mass is 10.1. The molecule has 1 amide bonds. The largest absolute Gasteiger partial charge is 0.344 e. The molecule has 0 aliphatic carbocycles. The number of amides is 1. The van der Waals surface area contributed by atoms with Crippen molar-refractivity contribution < 1.29 is 13.6 Å². The highest BCUT2D eigenvalue weighted by Crippen LogP contribution is 2.18. The molecular formula is C16H14ClF2NO. The first kappa shape index (κ1) is 15.4. The Bertz CT molecular complexity index is 623. The van der Waals surface area contributed by atoms with Gasteiger partial charge in [0, 0.05) is 5.88 Å². The molecule has 21 heavy (non-hydrogen) atoms. The van der Waals surface area contributed by atoms with Crippen molar-refractivity contribution in [3.05, 3.63) is 70.8 Å². The molecule has 1 unspecified atom stereocenters. The normalized spacial score (nSPS) is 12.0. The Morgan fingerprint density at radius 3 is 2.24 bits per heavy atom. The molecular weight excluding hydrogens is 296 g/mol. The SMILES string of the molecule is Cc1ccc(C(CCl)NC(=O)c2c(F)cccc2F)cc1. The maximum absolute atomic E-state index is 13.6. The molecule has 0 aliphatic rings. The van der Waals surface area contributed by atoms with Crippen LogP contribution in [0.4, 0.5) is 8.78 Å². The number of aryl methyl sites for hydroxylation is 1. The number of rotatable bonds is 4. The quantitative estimate of drug-likeness (QED) is 0.850. The Labute approximate surface area is 126 Å². The second-order valence-electron chi connectivity index (χ2n) is 4.69. The minimum Gasteiger partial charge on any atom is -0.344 e. The molecule has 110 valence electrons. The van der Waals surface area contributed by atoms with E-state index in [0.29, 0.717) is 0 Å². The van der Waals surface area contributed by atoms with Crippen LogP contribution >= 0.6 is 11.6 Å². The predicted octanol–water partition coefficient (Wildman–Crippen LogP) is 3.98. The Morgan fingerprint density at radius 1 is 1.14 bits per heavy atom. The number of carbonyl (C=O) groups excluding carboxylic acids is 1. The summed E-state index contributed by atoms with van der Waals surface area (Å²) < 4.78 is 27.2. The smallest absolute Gasteiger partial charge is 0.257 e. The molecule has 1 atom stereocenters. The first-order chi connectivity index (χ1) is 10.0. The van der Waals surface area contributed by atoms with E-state index >= 15 is 0 Å². The second-order valence-corrected chi connectivity index (χ2v) is 5.00. The molecule has 0 saturated carbocycles. The van der Waals surface area contributed by atoms with E-state index in [1.54, 1.807) is 0 Å². The van der Waals surface area contributed by atoms with Crippen LogP contribution in [-0.2, 0) is 0 Å². The van der Waals surface area contributed by atoms with Gasteiger partial charge in [0.05, 0.1) is 6.04 Å². The van der Waals surface area contributed by atoms with Gasteiger partial charge in [-0.05, 0) is 24.6 Å². The fourth-order valence-corrected chi connectivity index (χ4v) is 2.21. The van der Waals surface area contributed by atoms with Crippen LogP contribution in [0.2, 0.25) is 0 Å². The molecule has 2 nitrogen and oxygen atoms in total. The number of halogens is 3. The summed E-state index contributed by atoms with van der Waals surface area (Å²) in [5.74, 6) is -2.52. The van der Waals surface area contributed by atoms with Crippen LogP contribution < -0.4 is 5.32 Å². The Kier molecular flexibility index (Phi) is 4.91. The van der Waals surface area contributed by atoms with Crippen molar-refractivity contribution in [1.29, 1.82) is 0 Å². The zero-order chi connectivity index (χ0) is 15.4. The first-order valence-corrected chi connectivity index (χ1v) is 6.93. The van der Waals surface area contributed by atoms with Crippen LogP contribution in [0.3, 0.4) is 0 Å². The third-order valence-electron chi connectivity index (χ3n) is 3.13. The van der Waals surface area contributed by atoms with Gasteiger partial charge in [0.15, 0.2) is 0 Å². The van der Waals surface area contributed by atoms with E-state index in [-0.39, 0.29) is 5.88 Å². The minimum absolute atomic E-state index is 0.102. The maximum Gasteiger partial charge on any atom is 0.257 e. The molecule has 2 aromatic rings. The van der Waals surface area contributed by atoms with Gasteiger partial charge in [-0.1, -0.05) is 35.9 Å². The van der Waals surface area contributed by atoms with Gasteiger partial charge < -0.3 is 5.32 Å². The number of benzene rings is 2. The van der Waals surface area contributed by atoms with Gasteiger partial charge in [0.2, 0.25) is 0 Å². The Morgan fingerprint density at radius 2 is 1.71 bits per heavy atom. The summed E-state index contributed by atoms with van der Waals surface area (Å²) in [5, 5.41) is 2.55. The lowest BCUT2D eigenvalue weighted by Crippen LogP contribution is -2.31. The molecule has 0 aromatic heterocycles. The molecule has 1 N–H and O–H groups in total. The minimum atomic E-state index is -0.898. The fraction of sp³-hybridized carbons (Fsp3) is 0.188. The Hall–Kier alpha value is -1.94. The molecule has 0 saturated heterocycles. The maximum atomic E-state index is 13.6. The molecule has 0 aliphatic heterocycles. The van der Waals surface area contributed by atoms with Crippen LogP contribution in [0.5, 0.6) is 0 Å². The topological polar surface area (TPSA) is 29.1 Å². The van der Waals surface area contributed by atoms with Gasteiger partial charge in [-0.15, -0.1) is 11.6 Å². The monoisotopic (exact) mass is 309 g/mol. The molecule has 2 rings (SSSR count). The van der Waals surface area contributed by atoms with E-state index in [0.717, 1.165) is 23.3 Å². The van der Waals surface area contributed by atoms with Gasteiger partial charge in [0.25, 0.3) is 5.91 Å². The molecule has 5 heteroatoms. The van der Waals surface area contributed by atoms with E-state index in [1.807, 2.05) is 31.2 Å². The summed E-state index contributed by atoms with van der Waals surface area (Å²) in [6.45, 7) is 1.94. The van der Waals surface area contributed by atoms with Crippen LogP contribution in [0.1, 0.15) is 27.5 Å². The molecule has 0 bridgehead atoms. The van der Waals surface area contributed by atoms with Gasteiger partial charge in [-0.3, -0.25) is 4.79 Å². The highest BCUT2D eigenvalue weighted by molar-refractivity contribution is 6.18. The molecule has 0 heterocycles. The average molecular weight is 310 g/mol. The van der Waals surface area contributed by atoms with E-state index < -0.39 is 29.1 Å². The lowest BCUT2D eigenvalue weighted by Gasteiger charge is -2.17. The summed E-state index contributed by atoms with van der Waals surface area (Å²) in [6, 6.07) is 10.2. The molecule has 2 aromatic carbocycles. The summed E-state index contributed by atoms with van der Waals surface area (Å²) in [4.78, 5) is 12.0. The molecule has 0 fully saturated rings. The highest BCUT2D eigenvalue weighted by atomic mass is 35.5. The van der Waals surface area contributed by atoms with Crippen molar-refractivity contribution in [2.24, 2.45) is 0 Å². The van der Waals surface area contributed by atoms with E-state index in [4.69, 9.17) is 11.6 Å². The van der Waals surface area contributed by atoms with Crippen molar-refractivity contribution in [3.63, 3.8) is 0 Å². The summed E-state index contributed by atoms with van der Waals surface area (Å²) in [5.41, 5.74) is 1.25. The zero-order valence-electron chi connectivity index (χ0n) is 11.4. The van der Waals surface area contributed by atoms with Crippen molar-refractivity contribution in [2.75, 3.05) is 5.88 Å². The molecule has 0 spiro atoms. The number of carbonyl (C=O) groups is 1. The van der Waals surface area contributed by atoms with Gasteiger partial charge in [0.1, 0.15) is 17.2 Å². The Balaban J connectivity index is 2.22. The number of nitrogens with one attached hydrogen (secondary N) is 1. The molecule has 0 radical (unpaired) electrons. The lowest BCUT2D eigenvalue weighted by molar-refractivity contribution is 0.0932. The van der Waals surface area contributed by atoms with Gasteiger partial charge in [-0.2, -0.15) is 0 Å². The number of hydrogen-bond donors (Lipinski definition) is 1. The van der Waals surface area contributed by atoms with Crippen molar-refractivity contribution in [2.45, 2.75) is 13.0 Å². The first-order valence-electron chi connectivity index (χ1n) is 6.40. The van der Waals surface area contributed by atoms with Gasteiger partial charge >= 0.3 is 0 Å².